The molecule has 1 aliphatic rings. The summed E-state index contributed by atoms with van der Waals surface area (Å²) < 4.78 is 0.790. The number of nitrogens with one attached hydrogen (secondary N) is 2. The summed E-state index contributed by atoms with van der Waals surface area (Å²) in [6.45, 7) is 6.19. The Hall–Kier alpha value is -3.41. The molecule has 0 bridgehead atoms. The molecule has 0 saturated heterocycles. The third kappa shape index (κ3) is 3.17. The van der Waals surface area contributed by atoms with Gasteiger partial charge in [-0.15, -0.1) is 0 Å². The minimum Gasteiger partial charge on any atom is -0.619 e. The van der Waals surface area contributed by atoms with E-state index >= 15 is 0 Å². The van der Waals surface area contributed by atoms with Crippen LogP contribution in [0.4, 0.5) is 5.82 Å². The number of nitrogens with zero attached hydrogens (tertiary/aromatic N) is 3. The maximum absolute atomic E-state index is 11.5. The van der Waals surface area contributed by atoms with Gasteiger partial charge in [-0.1, -0.05) is 25.1 Å². The van der Waals surface area contributed by atoms with Crippen LogP contribution in [0.25, 0.3) is 5.57 Å². The van der Waals surface area contributed by atoms with E-state index in [0.717, 1.165) is 55.5 Å². The maximum Gasteiger partial charge on any atom is 0.180 e. The molecule has 0 aliphatic carbocycles. The first-order valence-electron chi connectivity index (χ1n) is 9.41. The van der Waals surface area contributed by atoms with E-state index in [1.807, 2.05) is 43.5 Å². The van der Waals surface area contributed by atoms with E-state index in [1.165, 1.54) is 12.4 Å². The van der Waals surface area contributed by atoms with Crippen molar-refractivity contribution >= 4 is 17.1 Å². The van der Waals surface area contributed by atoms with Gasteiger partial charge in [-0.3, -0.25) is 10.4 Å². The Kier molecular flexibility index (Phi) is 4.69. The van der Waals surface area contributed by atoms with E-state index in [-0.39, 0.29) is 6.04 Å². The number of aromatic nitrogens is 2. The van der Waals surface area contributed by atoms with E-state index in [1.54, 1.807) is 0 Å². The Bertz CT molecular complexity index is 1160. The summed E-state index contributed by atoms with van der Waals surface area (Å²) in [5.41, 5.74) is 8.46. The highest BCUT2D eigenvalue weighted by molar-refractivity contribution is 5.83. The number of benzene rings is 1. The Balaban J connectivity index is 1.95. The van der Waals surface area contributed by atoms with Gasteiger partial charge in [0.1, 0.15) is 11.9 Å². The lowest BCUT2D eigenvalue weighted by Crippen LogP contribution is -2.26. The van der Waals surface area contributed by atoms with Crippen molar-refractivity contribution in [2.45, 2.75) is 33.2 Å². The molecule has 2 N–H and O–H groups in total. The van der Waals surface area contributed by atoms with Crippen LogP contribution in [-0.2, 0) is 0 Å². The van der Waals surface area contributed by atoms with Crippen LogP contribution in [0, 0.1) is 5.21 Å². The highest BCUT2D eigenvalue weighted by Gasteiger charge is 2.25. The monoisotopic (exact) mass is 373 g/mol. The van der Waals surface area contributed by atoms with Gasteiger partial charge in [0.25, 0.3) is 0 Å². The molecule has 142 valence electrons. The average molecular weight is 373 g/mol. The first-order valence-corrected chi connectivity index (χ1v) is 9.41. The highest BCUT2D eigenvalue weighted by Crippen LogP contribution is 2.36. The topological polar surface area (TPSA) is 79.5 Å². The molecule has 1 unspecified atom stereocenters. The van der Waals surface area contributed by atoms with E-state index in [0.29, 0.717) is 0 Å². The second kappa shape index (κ2) is 7.31. The average Bonchev–Trinajstić information content (AvgIpc) is 3.09. The van der Waals surface area contributed by atoms with Crippen molar-refractivity contribution in [3.8, 4) is 0 Å². The molecule has 4 rings (SSSR count). The zero-order valence-corrected chi connectivity index (χ0v) is 16.2. The molecule has 0 spiro atoms. The smallest absolute Gasteiger partial charge is 0.180 e. The quantitative estimate of drug-likeness (QED) is 0.319. The third-order valence-corrected chi connectivity index (χ3v) is 5.17. The Morgan fingerprint density at radius 3 is 2.75 bits per heavy atom. The largest absolute Gasteiger partial charge is 0.619 e. The second-order valence-electron chi connectivity index (χ2n) is 6.97. The van der Waals surface area contributed by atoms with Gasteiger partial charge in [-0.2, -0.15) is 9.83 Å². The first-order chi connectivity index (χ1) is 13.6. The van der Waals surface area contributed by atoms with E-state index in [4.69, 9.17) is 4.99 Å². The fourth-order valence-corrected chi connectivity index (χ4v) is 3.48. The predicted octanol–water partition coefficient (Wildman–Crippen LogP) is 2.79. The molecule has 0 radical (unpaired) electrons. The van der Waals surface area contributed by atoms with Crippen molar-refractivity contribution < 1.29 is 4.73 Å². The van der Waals surface area contributed by atoms with Crippen molar-refractivity contribution in [3.05, 3.63) is 87.5 Å². The van der Waals surface area contributed by atoms with Gasteiger partial charge in [0.2, 0.25) is 0 Å². The number of anilines is 1. The van der Waals surface area contributed by atoms with Gasteiger partial charge >= 0.3 is 0 Å². The predicted molar refractivity (Wildman–Crippen MR) is 110 cm³/mol. The first kappa shape index (κ1) is 18.0. The summed E-state index contributed by atoms with van der Waals surface area (Å²) in [7, 11) is 0. The van der Waals surface area contributed by atoms with Crippen LogP contribution in [-0.4, -0.2) is 10.7 Å². The van der Waals surface area contributed by atoms with Gasteiger partial charge in [0.05, 0.1) is 5.36 Å². The molecule has 2 aromatic heterocycles. The number of para-hydroxylation sites is 1. The van der Waals surface area contributed by atoms with E-state index in [2.05, 4.69) is 35.4 Å². The Morgan fingerprint density at radius 2 is 2.00 bits per heavy atom. The zero-order chi connectivity index (χ0) is 19.7. The number of hydrogen-bond acceptors (Lipinski definition) is 4. The van der Waals surface area contributed by atoms with Crippen molar-refractivity contribution in [1.82, 2.24) is 4.98 Å². The summed E-state index contributed by atoms with van der Waals surface area (Å²) in [5.74, 6) is 0.854. The molecule has 6 nitrogen and oxygen atoms in total. The Labute approximate surface area is 163 Å². The van der Waals surface area contributed by atoms with Crippen molar-refractivity contribution in [3.63, 3.8) is 0 Å². The number of hydrogen-bond donors (Lipinski definition) is 2. The standard InChI is InChI=1S/C22H23N5O/c1-4-14(2)25-26-22-20-15(3)17-7-5-6-8-19(17)24-21(18(20)13-23-22)16-9-11-27(28)12-10-16/h5-13,21,23,26H,4H2,1-3H3. The molecule has 3 heterocycles. The third-order valence-electron chi connectivity index (χ3n) is 5.17. The number of fused-ring (bicyclic) bond motifs is 2. The lowest BCUT2D eigenvalue weighted by Gasteiger charge is -2.13. The van der Waals surface area contributed by atoms with Gasteiger partial charge in [0, 0.05) is 40.4 Å². The summed E-state index contributed by atoms with van der Waals surface area (Å²) in [5, 5.41) is 18.0. The summed E-state index contributed by atoms with van der Waals surface area (Å²) >= 11 is 0. The molecule has 1 aliphatic heterocycles. The SMILES string of the molecule is CCC(C)=NNc1[nH]cc2c1C(C)=c1ccccc1=NC2c1cc[n+]([O-])cc1. The highest BCUT2D eigenvalue weighted by atomic mass is 16.5. The molecule has 6 heteroatoms. The molecule has 0 amide bonds. The summed E-state index contributed by atoms with van der Waals surface area (Å²) in [4.78, 5) is 8.37. The fourth-order valence-electron chi connectivity index (χ4n) is 3.48. The number of hydrazone groups is 1. The lowest BCUT2D eigenvalue weighted by molar-refractivity contribution is -0.605. The number of aromatic amines is 1. The molecule has 0 saturated carbocycles. The van der Waals surface area contributed by atoms with Crippen molar-refractivity contribution in [2.75, 3.05) is 5.43 Å². The zero-order valence-electron chi connectivity index (χ0n) is 16.2. The van der Waals surface area contributed by atoms with Gasteiger partial charge in [0.15, 0.2) is 12.4 Å². The molecular formula is C22H23N5O. The second-order valence-corrected chi connectivity index (χ2v) is 6.97. The normalized spacial score (nSPS) is 16.0. The van der Waals surface area contributed by atoms with Crippen LogP contribution in [0.1, 0.15) is 49.9 Å². The number of H-pyrrole nitrogens is 1. The van der Waals surface area contributed by atoms with E-state index in [9.17, 15) is 5.21 Å². The number of pyridine rings is 1. The van der Waals surface area contributed by atoms with Crippen LogP contribution in [0.15, 0.2) is 65.1 Å². The molecule has 3 aromatic rings. The van der Waals surface area contributed by atoms with Crippen LogP contribution in [0.2, 0.25) is 0 Å². The Morgan fingerprint density at radius 1 is 1.25 bits per heavy atom. The number of rotatable bonds is 4. The van der Waals surface area contributed by atoms with Crippen molar-refractivity contribution in [1.29, 1.82) is 0 Å². The van der Waals surface area contributed by atoms with Crippen molar-refractivity contribution in [2.24, 2.45) is 10.1 Å². The minimum atomic E-state index is -0.210. The molecular weight excluding hydrogens is 350 g/mol. The van der Waals surface area contributed by atoms with Crippen LogP contribution in [0.3, 0.4) is 0 Å². The van der Waals surface area contributed by atoms with E-state index < -0.39 is 0 Å². The molecule has 1 aromatic carbocycles. The summed E-state index contributed by atoms with van der Waals surface area (Å²) in [6.07, 6.45) is 5.89. The molecule has 0 fully saturated rings. The lowest BCUT2D eigenvalue weighted by atomic mass is 9.95. The van der Waals surface area contributed by atoms with Gasteiger partial charge in [-0.25, -0.2) is 0 Å². The van der Waals surface area contributed by atoms with Gasteiger partial charge < -0.3 is 10.2 Å². The van der Waals surface area contributed by atoms with Crippen LogP contribution in [0.5, 0.6) is 0 Å². The fraction of sp³-hybridized carbons (Fsp3) is 0.227. The molecule has 28 heavy (non-hydrogen) atoms. The van der Waals surface area contributed by atoms with Crippen LogP contribution >= 0.6 is 0 Å². The van der Waals surface area contributed by atoms with Crippen LogP contribution < -0.4 is 20.7 Å². The maximum atomic E-state index is 11.5. The minimum absolute atomic E-state index is 0.210. The molecule has 1 atom stereocenters. The van der Waals surface area contributed by atoms with Gasteiger partial charge in [-0.05, 0) is 37.5 Å². The summed E-state index contributed by atoms with van der Waals surface area (Å²) in [6, 6.07) is 11.6.